The van der Waals surface area contributed by atoms with E-state index in [4.69, 9.17) is 4.74 Å². The molecule has 0 saturated carbocycles. The number of ether oxygens (including phenoxy) is 2. The summed E-state index contributed by atoms with van der Waals surface area (Å²) in [5.41, 5.74) is 0.847. The van der Waals surface area contributed by atoms with Gasteiger partial charge in [0, 0.05) is 0 Å². The summed E-state index contributed by atoms with van der Waals surface area (Å²) in [5, 5.41) is 0. The van der Waals surface area contributed by atoms with Crippen LogP contribution in [0, 0.1) is 6.92 Å². The highest BCUT2D eigenvalue weighted by Gasteiger charge is 2.29. The molecule has 5 nitrogen and oxygen atoms in total. The zero-order valence-electron chi connectivity index (χ0n) is 14.7. The molecule has 1 unspecified atom stereocenters. The summed E-state index contributed by atoms with van der Waals surface area (Å²) >= 11 is 0. The first kappa shape index (κ1) is 19.2. The highest BCUT2D eigenvalue weighted by molar-refractivity contribution is 5.78. The molecule has 1 fully saturated rings. The SMILES string of the molecule is CC(C)(C)OC=O.Cc1ccc(OC(=O)C2CCCN2C)cc1. The molecule has 0 spiro atoms. The third-order valence-electron chi connectivity index (χ3n) is 3.43. The molecule has 1 aromatic rings. The lowest BCUT2D eigenvalue weighted by atomic mass is 10.2. The summed E-state index contributed by atoms with van der Waals surface area (Å²) < 4.78 is 9.89. The maximum atomic E-state index is 11.8. The summed E-state index contributed by atoms with van der Waals surface area (Å²) in [7, 11) is 1.97. The van der Waals surface area contributed by atoms with E-state index < -0.39 is 0 Å². The zero-order valence-corrected chi connectivity index (χ0v) is 14.7. The molecule has 0 aliphatic carbocycles. The van der Waals surface area contributed by atoms with Crippen molar-refractivity contribution in [3.63, 3.8) is 0 Å². The Balaban J connectivity index is 0.000000322. The van der Waals surface area contributed by atoms with Crippen LogP contribution in [0.3, 0.4) is 0 Å². The number of likely N-dealkylation sites (tertiary alicyclic amines) is 1. The first-order chi connectivity index (χ1) is 10.7. The van der Waals surface area contributed by atoms with Crippen LogP contribution in [0.5, 0.6) is 5.75 Å². The van der Waals surface area contributed by atoms with Crippen molar-refractivity contribution in [1.29, 1.82) is 0 Å². The molecule has 0 bridgehead atoms. The molecule has 1 atom stereocenters. The smallest absolute Gasteiger partial charge is 0.328 e. The number of likely N-dealkylation sites (N-methyl/N-ethyl adjacent to an activating group) is 1. The number of rotatable bonds is 3. The van der Waals surface area contributed by atoms with Gasteiger partial charge in [0.1, 0.15) is 17.4 Å². The van der Waals surface area contributed by atoms with Crippen LogP contribution in [0.25, 0.3) is 0 Å². The van der Waals surface area contributed by atoms with Gasteiger partial charge in [-0.1, -0.05) is 17.7 Å². The van der Waals surface area contributed by atoms with Crippen molar-refractivity contribution in [1.82, 2.24) is 4.90 Å². The fraction of sp³-hybridized carbons (Fsp3) is 0.556. The number of esters is 1. The molecular formula is C18H27NO4. The van der Waals surface area contributed by atoms with Crippen LogP contribution in [0.2, 0.25) is 0 Å². The standard InChI is InChI=1S/C13H17NO2.C5H10O2/c1-10-5-7-11(8-6-10)16-13(15)12-4-3-9-14(12)2;1-5(2,3)7-4-6/h5-8,12H,3-4,9H2,1-2H3;4H,1-3H3. The molecule has 2 rings (SSSR count). The summed E-state index contributed by atoms with van der Waals surface area (Å²) in [6.45, 7) is 8.91. The number of carbonyl (C=O) groups excluding carboxylic acids is 2. The molecule has 1 aliphatic rings. The molecule has 0 aromatic heterocycles. The Morgan fingerprint density at radius 1 is 1.26 bits per heavy atom. The molecule has 1 heterocycles. The monoisotopic (exact) mass is 321 g/mol. The Bertz CT molecular complexity index is 505. The van der Waals surface area contributed by atoms with Crippen molar-refractivity contribution in [2.75, 3.05) is 13.6 Å². The zero-order chi connectivity index (χ0) is 17.5. The Kier molecular flexibility index (Phi) is 7.23. The van der Waals surface area contributed by atoms with E-state index in [1.54, 1.807) is 0 Å². The fourth-order valence-electron chi connectivity index (χ4n) is 2.14. The van der Waals surface area contributed by atoms with Crippen LogP contribution >= 0.6 is 0 Å². The highest BCUT2D eigenvalue weighted by atomic mass is 16.5. The Morgan fingerprint density at radius 2 is 1.87 bits per heavy atom. The van der Waals surface area contributed by atoms with Gasteiger partial charge >= 0.3 is 5.97 Å². The van der Waals surface area contributed by atoms with Crippen molar-refractivity contribution in [2.24, 2.45) is 0 Å². The van der Waals surface area contributed by atoms with Crippen LogP contribution in [0.4, 0.5) is 0 Å². The number of benzene rings is 1. The maximum Gasteiger partial charge on any atom is 0.328 e. The largest absolute Gasteiger partial charge is 0.462 e. The van der Waals surface area contributed by atoms with Crippen LogP contribution in [0.1, 0.15) is 39.2 Å². The minimum absolute atomic E-state index is 0.0682. The van der Waals surface area contributed by atoms with Crippen LogP contribution in [-0.4, -0.2) is 42.6 Å². The van der Waals surface area contributed by atoms with Crippen molar-refractivity contribution in [3.05, 3.63) is 29.8 Å². The minimum Gasteiger partial charge on any atom is -0.462 e. The van der Waals surface area contributed by atoms with Crippen LogP contribution in [0.15, 0.2) is 24.3 Å². The lowest BCUT2D eigenvalue weighted by molar-refractivity contribution is -0.139. The van der Waals surface area contributed by atoms with E-state index in [-0.39, 0.29) is 17.6 Å². The molecule has 128 valence electrons. The normalized spacial score (nSPS) is 17.9. The molecule has 0 amide bonds. The number of hydrogen-bond acceptors (Lipinski definition) is 5. The van der Waals surface area contributed by atoms with Gasteiger partial charge in [0.2, 0.25) is 0 Å². The average Bonchev–Trinajstić information content (AvgIpc) is 2.87. The summed E-state index contributed by atoms with van der Waals surface area (Å²) in [6.07, 6.45) is 1.98. The molecule has 1 aromatic carbocycles. The quantitative estimate of drug-likeness (QED) is 0.487. The van der Waals surface area contributed by atoms with E-state index in [9.17, 15) is 9.59 Å². The first-order valence-corrected chi connectivity index (χ1v) is 7.83. The van der Waals surface area contributed by atoms with Crippen molar-refractivity contribution in [3.8, 4) is 5.75 Å². The Hall–Kier alpha value is -1.88. The highest BCUT2D eigenvalue weighted by Crippen LogP contribution is 2.18. The Morgan fingerprint density at radius 3 is 2.26 bits per heavy atom. The molecule has 1 aliphatic heterocycles. The summed E-state index contributed by atoms with van der Waals surface area (Å²) in [4.78, 5) is 23.5. The topological polar surface area (TPSA) is 55.8 Å². The van der Waals surface area contributed by atoms with Crippen LogP contribution in [-0.2, 0) is 14.3 Å². The van der Waals surface area contributed by atoms with E-state index >= 15 is 0 Å². The summed E-state index contributed by atoms with van der Waals surface area (Å²) in [6, 6.07) is 7.49. The predicted octanol–water partition coefficient (Wildman–Crippen LogP) is 2.95. The van der Waals surface area contributed by atoms with Gasteiger partial charge in [0.25, 0.3) is 6.47 Å². The molecule has 0 N–H and O–H groups in total. The van der Waals surface area contributed by atoms with Gasteiger partial charge in [0.15, 0.2) is 0 Å². The van der Waals surface area contributed by atoms with Gasteiger partial charge in [-0.15, -0.1) is 0 Å². The van der Waals surface area contributed by atoms with Crippen molar-refractivity contribution < 1.29 is 19.1 Å². The van der Waals surface area contributed by atoms with Gasteiger partial charge < -0.3 is 9.47 Å². The lowest BCUT2D eigenvalue weighted by Gasteiger charge is -2.17. The molecule has 1 saturated heterocycles. The lowest BCUT2D eigenvalue weighted by Crippen LogP contribution is -2.35. The predicted molar refractivity (Wildman–Crippen MR) is 89.4 cm³/mol. The second-order valence-corrected chi connectivity index (χ2v) is 6.70. The average molecular weight is 321 g/mol. The van der Waals surface area contributed by atoms with E-state index in [0.29, 0.717) is 12.2 Å². The second-order valence-electron chi connectivity index (χ2n) is 6.70. The number of aryl methyl sites for hydroxylation is 1. The minimum atomic E-state index is -0.318. The van der Waals surface area contributed by atoms with Gasteiger partial charge in [-0.05, 0) is 66.3 Å². The fourth-order valence-corrected chi connectivity index (χ4v) is 2.14. The van der Waals surface area contributed by atoms with Crippen LogP contribution < -0.4 is 4.74 Å². The first-order valence-electron chi connectivity index (χ1n) is 7.83. The van der Waals surface area contributed by atoms with E-state index in [1.807, 2.05) is 59.0 Å². The van der Waals surface area contributed by atoms with E-state index in [2.05, 4.69) is 9.64 Å². The van der Waals surface area contributed by atoms with Gasteiger partial charge in [0.05, 0.1) is 0 Å². The second kappa shape index (κ2) is 8.67. The van der Waals surface area contributed by atoms with Gasteiger partial charge in [-0.25, -0.2) is 4.79 Å². The molecular weight excluding hydrogens is 294 g/mol. The molecule has 0 radical (unpaired) electrons. The molecule has 23 heavy (non-hydrogen) atoms. The third kappa shape index (κ3) is 7.28. The summed E-state index contributed by atoms with van der Waals surface area (Å²) in [5.74, 6) is 0.500. The van der Waals surface area contributed by atoms with Crippen molar-refractivity contribution in [2.45, 2.75) is 52.2 Å². The van der Waals surface area contributed by atoms with E-state index in [1.165, 1.54) is 0 Å². The number of carbonyl (C=O) groups is 2. The third-order valence-corrected chi connectivity index (χ3v) is 3.43. The Labute approximate surface area is 138 Å². The number of nitrogens with zero attached hydrogens (tertiary/aromatic N) is 1. The van der Waals surface area contributed by atoms with Gasteiger partial charge in [-0.3, -0.25) is 9.69 Å². The van der Waals surface area contributed by atoms with Crippen molar-refractivity contribution >= 4 is 12.4 Å². The van der Waals surface area contributed by atoms with Gasteiger partial charge in [-0.2, -0.15) is 0 Å². The molecule has 5 heteroatoms. The number of hydrogen-bond donors (Lipinski definition) is 0. The van der Waals surface area contributed by atoms with E-state index in [0.717, 1.165) is 24.9 Å². The maximum absolute atomic E-state index is 11.8.